The van der Waals surface area contributed by atoms with Crippen LogP contribution in [0, 0.1) is 13.8 Å². The molecule has 1 atom stereocenters. The van der Waals surface area contributed by atoms with E-state index < -0.39 is 0 Å². The topological polar surface area (TPSA) is 55.4 Å². The average Bonchev–Trinajstić information content (AvgIpc) is 3.33. The highest BCUT2D eigenvalue weighted by molar-refractivity contribution is 7.98. The van der Waals surface area contributed by atoms with Crippen molar-refractivity contribution in [1.29, 1.82) is 0 Å². The summed E-state index contributed by atoms with van der Waals surface area (Å²) in [6.07, 6.45) is 3.92. The van der Waals surface area contributed by atoms with Crippen LogP contribution in [0.2, 0.25) is 0 Å². The molecule has 0 aliphatic heterocycles. The first-order chi connectivity index (χ1) is 13.1. The van der Waals surface area contributed by atoms with Gasteiger partial charge < -0.3 is 14.2 Å². The van der Waals surface area contributed by atoms with Crippen LogP contribution >= 0.6 is 11.8 Å². The maximum atomic E-state index is 12.5. The molecule has 2 heterocycles. The highest BCUT2D eigenvalue weighted by Crippen LogP contribution is 2.29. The fraction of sp³-hybridized carbons (Fsp3) is 0.227. The Morgan fingerprint density at radius 2 is 1.96 bits per heavy atom. The van der Waals surface area contributed by atoms with E-state index in [1.54, 1.807) is 36.2 Å². The molecule has 1 amide bonds. The molecule has 4 nitrogen and oxygen atoms in total. The molecule has 3 aromatic rings. The number of benzene rings is 1. The van der Waals surface area contributed by atoms with Crippen LogP contribution in [-0.4, -0.2) is 5.91 Å². The lowest BCUT2D eigenvalue weighted by molar-refractivity contribution is 0.0902. The number of furan rings is 2. The van der Waals surface area contributed by atoms with Gasteiger partial charge >= 0.3 is 0 Å². The molecular weight excluding hydrogens is 358 g/mol. The van der Waals surface area contributed by atoms with Crippen LogP contribution in [0.4, 0.5) is 0 Å². The summed E-state index contributed by atoms with van der Waals surface area (Å²) in [6.45, 7) is 7.95. The molecule has 140 valence electrons. The standard InChI is InChI=1S/C22H23NO3S/c1-4-7-18(19-10-6-13-25-19)23-22(24)20-12-11-17(26-20)14-27-21-15(2)8-5-9-16(21)3/h4-6,8-13,18H,1,7,14H2,2-3H3,(H,23,24). The van der Waals surface area contributed by atoms with Gasteiger partial charge in [-0.25, -0.2) is 0 Å². The van der Waals surface area contributed by atoms with Crippen LogP contribution in [0.25, 0.3) is 0 Å². The van der Waals surface area contributed by atoms with Crippen molar-refractivity contribution >= 4 is 17.7 Å². The van der Waals surface area contributed by atoms with Gasteiger partial charge in [-0.3, -0.25) is 4.79 Å². The Morgan fingerprint density at radius 3 is 2.63 bits per heavy atom. The van der Waals surface area contributed by atoms with Gasteiger partial charge in [-0.05, 0) is 55.7 Å². The lowest BCUT2D eigenvalue weighted by atomic mass is 10.1. The first-order valence-corrected chi connectivity index (χ1v) is 9.80. The first-order valence-electron chi connectivity index (χ1n) is 8.81. The first kappa shape index (κ1) is 19.1. The Labute approximate surface area is 163 Å². The molecule has 0 aliphatic carbocycles. The van der Waals surface area contributed by atoms with Gasteiger partial charge in [0.2, 0.25) is 0 Å². The molecule has 0 radical (unpaired) electrons. The van der Waals surface area contributed by atoms with E-state index in [2.05, 4.69) is 43.9 Å². The minimum Gasteiger partial charge on any atom is -0.467 e. The number of carbonyl (C=O) groups excluding carboxylic acids is 1. The maximum Gasteiger partial charge on any atom is 0.287 e. The van der Waals surface area contributed by atoms with Crippen LogP contribution in [0.5, 0.6) is 0 Å². The van der Waals surface area contributed by atoms with Gasteiger partial charge in [-0.1, -0.05) is 24.3 Å². The van der Waals surface area contributed by atoms with Crippen molar-refractivity contribution in [1.82, 2.24) is 5.32 Å². The van der Waals surface area contributed by atoms with Crippen LogP contribution in [0.3, 0.4) is 0 Å². The lowest BCUT2D eigenvalue weighted by Crippen LogP contribution is -2.27. The summed E-state index contributed by atoms with van der Waals surface area (Å²) < 4.78 is 11.2. The molecule has 5 heteroatoms. The third-order valence-electron chi connectivity index (χ3n) is 4.25. The largest absolute Gasteiger partial charge is 0.467 e. The normalized spacial score (nSPS) is 11.9. The number of thioether (sulfide) groups is 1. The zero-order chi connectivity index (χ0) is 19.2. The van der Waals surface area contributed by atoms with E-state index in [1.807, 2.05) is 12.1 Å². The number of amides is 1. The second kappa shape index (κ2) is 8.82. The Bertz CT molecular complexity index is 891. The number of hydrogen-bond donors (Lipinski definition) is 1. The highest BCUT2D eigenvalue weighted by Gasteiger charge is 2.19. The quantitative estimate of drug-likeness (QED) is 0.394. The molecular formula is C22H23NO3S. The van der Waals surface area contributed by atoms with Crippen LogP contribution in [0.1, 0.15) is 45.7 Å². The van der Waals surface area contributed by atoms with Gasteiger partial charge in [-0.2, -0.15) is 0 Å². The smallest absolute Gasteiger partial charge is 0.287 e. The molecule has 0 saturated carbocycles. The Balaban J connectivity index is 1.64. The SMILES string of the molecule is C=CCC(NC(=O)c1ccc(CSc2c(C)cccc2C)o1)c1ccco1. The molecule has 3 rings (SSSR count). The monoisotopic (exact) mass is 381 g/mol. The third-order valence-corrected chi connectivity index (χ3v) is 5.61. The molecule has 1 aromatic carbocycles. The van der Waals surface area contributed by atoms with Crippen LogP contribution in [-0.2, 0) is 5.75 Å². The van der Waals surface area contributed by atoms with Gasteiger partial charge in [0.25, 0.3) is 5.91 Å². The molecule has 0 bridgehead atoms. The van der Waals surface area contributed by atoms with Crippen LogP contribution in [0.15, 0.2) is 75.1 Å². The molecule has 1 unspecified atom stereocenters. The number of rotatable bonds is 8. The lowest BCUT2D eigenvalue weighted by Gasteiger charge is -2.13. The summed E-state index contributed by atoms with van der Waals surface area (Å²) in [5, 5.41) is 2.94. The predicted octanol–water partition coefficient (Wildman–Crippen LogP) is 5.83. The summed E-state index contributed by atoms with van der Waals surface area (Å²) in [5.74, 6) is 2.17. The number of aryl methyl sites for hydroxylation is 2. The molecule has 0 fully saturated rings. The van der Waals surface area contributed by atoms with Crippen molar-refractivity contribution in [3.05, 3.63) is 89.8 Å². The van der Waals surface area contributed by atoms with E-state index in [9.17, 15) is 4.79 Å². The van der Waals surface area contributed by atoms with E-state index in [0.29, 0.717) is 23.7 Å². The highest BCUT2D eigenvalue weighted by atomic mass is 32.2. The maximum absolute atomic E-state index is 12.5. The van der Waals surface area contributed by atoms with Gasteiger partial charge in [0.15, 0.2) is 5.76 Å². The summed E-state index contributed by atoms with van der Waals surface area (Å²) in [5.41, 5.74) is 2.49. The molecule has 27 heavy (non-hydrogen) atoms. The van der Waals surface area contributed by atoms with Crippen molar-refractivity contribution in [2.45, 2.75) is 37.0 Å². The minimum atomic E-state index is -0.262. The Morgan fingerprint density at radius 1 is 1.19 bits per heavy atom. The van der Waals surface area contributed by atoms with E-state index in [-0.39, 0.29) is 11.9 Å². The number of nitrogens with one attached hydrogen (secondary N) is 1. The predicted molar refractivity (Wildman–Crippen MR) is 108 cm³/mol. The van der Waals surface area contributed by atoms with E-state index in [0.717, 1.165) is 5.76 Å². The van der Waals surface area contributed by atoms with Crippen molar-refractivity contribution in [3.63, 3.8) is 0 Å². The van der Waals surface area contributed by atoms with E-state index in [4.69, 9.17) is 8.83 Å². The minimum absolute atomic E-state index is 0.262. The summed E-state index contributed by atoms with van der Waals surface area (Å²) in [6, 6.07) is 13.2. The Kier molecular flexibility index (Phi) is 6.24. The van der Waals surface area contributed by atoms with Crippen LogP contribution < -0.4 is 5.32 Å². The second-order valence-electron chi connectivity index (χ2n) is 6.34. The summed E-state index contributed by atoms with van der Waals surface area (Å²) in [7, 11) is 0. The van der Waals surface area contributed by atoms with Gasteiger partial charge in [0, 0.05) is 4.90 Å². The Hall–Kier alpha value is -2.66. The summed E-state index contributed by atoms with van der Waals surface area (Å²) in [4.78, 5) is 13.8. The van der Waals surface area contributed by atoms with E-state index in [1.165, 1.54) is 16.0 Å². The second-order valence-corrected chi connectivity index (χ2v) is 7.33. The van der Waals surface area contributed by atoms with Crippen molar-refractivity contribution in [3.8, 4) is 0 Å². The average molecular weight is 381 g/mol. The van der Waals surface area contributed by atoms with Crippen molar-refractivity contribution in [2.24, 2.45) is 0 Å². The molecule has 0 spiro atoms. The van der Waals surface area contributed by atoms with E-state index >= 15 is 0 Å². The number of hydrogen-bond acceptors (Lipinski definition) is 4. The zero-order valence-corrected chi connectivity index (χ0v) is 16.3. The van der Waals surface area contributed by atoms with Gasteiger partial charge in [0.05, 0.1) is 18.1 Å². The molecule has 0 saturated heterocycles. The molecule has 1 N–H and O–H groups in total. The fourth-order valence-corrected chi connectivity index (χ4v) is 3.91. The van der Waals surface area contributed by atoms with Crippen molar-refractivity contribution in [2.75, 3.05) is 0 Å². The third kappa shape index (κ3) is 4.74. The number of carbonyl (C=O) groups is 1. The molecule has 0 aliphatic rings. The summed E-state index contributed by atoms with van der Waals surface area (Å²) >= 11 is 1.72. The van der Waals surface area contributed by atoms with Gasteiger partial charge in [0.1, 0.15) is 11.5 Å². The van der Waals surface area contributed by atoms with Gasteiger partial charge in [-0.15, -0.1) is 18.3 Å². The fourth-order valence-electron chi connectivity index (χ4n) is 2.88. The zero-order valence-electron chi connectivity index (χ0n) is 15.5. The molecule has 2 aromatic heterocycles. The van der Waals surface area contributed by atoms with Crippen molar-refractivity contribution < 1.29 is 13.6 Å².